The molecule has 0 saturated carbocycles. The largest absolute Gasteiger partial charge is 0.328 e. The summed E-state index contributed by atoms with van der Waals surface area (Å²) in [7, 11) is 1.85. The Labute approximate surface area is 113 Å². The summed E-state index contributed by atoms with van der Waals surface area (Å²) >= 11 is 0. The van der Waals surface area contributed by atoms with E-state index in [0.29, 0.717) is 0 Å². The van der Waals surface area contributed by atoms with E-state index in [1.54, 1.807) is 4.57 Å². The molecule has 0 amide bonds. The third-order valence-corrected chi connectivity index (χ3v) is 4.27. The molecule has 19 heavy (non-hydrogen) atoms. The number of para-hydroxylation sites is 2. The molecular weight excluding hydrogens is 238 g/mol. The number of hydrogen-bond acceptors (Lipinski definition) is 2. The van der Waals surface area contributed by atoms with Crippen LogP contribution in [0.4, 0.5) is 0 Å². The highest BCUT2D eigenvalue weighted by Crippen LogP contribution is 2.18. The highest BCUT2D eigenvalue weighted by atomic mass is 16.1. The number of aryl methyl sites for hydroxylation is 2. The van der Waals surface area contributed by atoms with Gasteiger partial charge in [-0.3, -0.25) is 9.13 Å². The number of imidazole rings is 1. The maximum atomic E-state index is 12.3. The van der Waals surface area contributed by atoms with Gasteiger partial charge in [-0.1, -0.05) is 12.1 Å². The molecule has 1 aromatic carbocycles. The monoisotopic (exact) mass is 259 g/mol. The molecule has 1 N–H and O–H groups in total. The van der Waals surface area contributed by atoms with Crippen molar-refractivity contribution in [3.05, 3.63) is 34.7 Å². The van der Waals surface area contributed by atoms with Crippen LogP contribution in [0, 0.1) is 5.92 Å². The van der Waals surface area contributed by atoms with Crippen LogP contribution < -0.4 is 11.0 Å². The molecule has 102 valence electrons. The van der Waals surface area contributed by atoms with Gasteiger partial charge in [0.25, 0.3) is 0 Å². The lowest BCUT2D eigenvalue weighted by Crippen LogP contribution is -2.29. The molecule has 0 radical (unpaired) electrons. The highest BCUT2D eigenvalue weighted by molar-refractivity contribution is 5.75. The molecule has 0 bridgehead atoms. The fourth-order valence-electron chi connectivity index (χ4n) is 3.06. The number of aromatic nitrogens is 2. The van der Waals surface area contributed by atoms with Crippen LogP contribution in [0.25, 0.3) is 11.0 Å². The van der Waals surface area contributed by atoms with Gasteiger partial charge in [0.1, 0.15) is 0 Å². The third-order valence-electron chi connectivity index (χ3n) is 4.27. The maximum Gasteiger partial charge on any atom is 0.328 e. The molecule has 0 unspecified atom stereocenters. The molecule has 0 aliphatic carbocycles. The van der Waals surface area contributed by atoms with Crippen LogP contribution >= 0.6 is 0 Å². The van der Waals surface area contributed by atoms with Gasteiger partial charge < -0.3 is 5.32 Å². The topological polar surface area (TPSA) is 39.0 Å². The molecule has 1 fully saturated rings. The average molecular weight is 259 g/mol. The van der Waals surface area contributed by atoms with Crippen molar-refractivity contribution in [2.75, 3.05) is 13.1 Å². The Kier molecular flexibility index (Phi) is 3.42. The van der Waals surface area contributed by atoms with Crippen molar-refractivity contribution >= 4 is 11.0 Å². The van der Waals surface area contributed by atoms with Crippen molar-refractivity contribution in [3.63, 3.8) is 0 Å². The lowest BCUT2D eigenvalue weighted by Gasteiger charge is -2.22. The number of nitrogens with zero attached hydrogens (tertiary/aromatic N) is 2. The molecule has 4 nitrogen and oxygen atoms in total. The summed E-state index contributed by atoms with van der Waals surface area (Å²) in [6.07, 6.45) is 3.58. The second-order valence-corrected chi connectivity index (χ2v) is 5.46. The van der Waals surface area contributed by atoms with Crippen molar-refractivity contribution in [2.45, 2.75) is 25.8 Å². The van der Waals surface area contributed by atoms with Crippen LogP contribution in [0.1, 0.15) is 19.3 Å². The second kappa shape index (κ2) is 5.21. The first-order chi connectivity index (χ1) is 9.27. The SMILES string of the molecule is Cn1c(=O)n(CCC2CCNCC2)c2ccccc21. The van der Waals surface area contributed by atoms with Gasteiger partial charge in [0, 0.05) is 13.6 Å². The number of nitrogens with one attached hydrogen (secondary N) is 1. The van der Waals surface area contributed by atoms with Gasteiger partial charge in [-0.25, -0.2) is 4.79 Å². The minimum absolute atomic E-state index is 0.107. The van der Waals surface area contributed by atoms with E-state index in [4.69, 9.17) is 0 Å². The molecular formula is C15H21N3O. The molecule has 0 atom stereocenters. The van der Waals surface area contributed by atoms with Gasteiger partial charge in [-0.15, -0.1) is 0 Å². The minimum atomic E-state index is 0.107. The highest BCUT2D eigenvalue weighted by Gasteiger charge is 2.15. The zero-order chi connectivity index (χ0) is 13.2. The number of hydrogen-bond donors (Lipinski definition) is 1. The second-order valence-electron chi connectivity index (χ2n) is 5.46. The van der Waals surface area contributed by atoms with E-state index in [0.717, 1.165) is 43.0 Å². The smallest absolute Gasteiger partial charge is 0.317 e. The molecule has 2 aromatic rings. The van der Waals surface area contributed by atoms with Crippen LogP contribution in [0.5, 0.6) is 0 Å². The van der Waals surface area contributed by atoms with Crippen LogP contribution in [0.15, 0.2) is 29.1 Å². The standard InChI is InChI=1S/C15H21N3O/c1-17-13-4-2-3-5-14(13)18(15(17)19)11-8-12-6-9-16-10-7-12/h2-5,12,16H,6-11H2,1H3. The predicted octanol–water partition coefficient (Wildman–Crippen LogP) is 1.73. The van der Waals surface area contributed by atoms with Crippen LogP contribution in [0.3, 0.4) is 0 Å². The van der Waals surface area contributed by atoms with E-state index >= 15 is 0 Å². The van der Waals surface area contributed by atoms with E-state index in [9.17, 15) is 4.79 Å². The molecule has 3 rings (SSSR count). The van der Waals surface area contributed by atoms with Crippen LogP contribution in [-0.2, 0) is 13.6 Å². The first-order valence-corrected chi connectivity index (χ1v) is 7.12. The Morgan fingerprint density at radius 1 is 1.21 bits per heavy atom. The first kappa shape index (κ1) is 12.5. The van der Waals surface area contributed by atoms with E-state index in [-0.39, 0.29) is 5.69 Å². The number of benzene rings is 1. The summed E-state index contributed by atoms with van der Waals surface area (Å²) in [6, 6.07) is 8.04. The lowest BCUT2D eigenvalue weighted by molar-refractivity contribution is 0.337. The van der Waals surface area contributed by atoms with E-state index in [1.807, 2.05) is 35.9 Å². The van der Waals surface area contributed by atoms with E-state index in [1.165, 1.54) is 12.8 Å². The van der Waals surface area contributed by atoms with Crippen molar-refractivity contribution in [2.24, 2.45) is 13.0 Å². The van der Waals surface area contributed by atoms with Gasteiger partial charge >= 0.3 is 5.69 Å². The zero-order valence-electron chi connectivity index (χ0n) is 11.4. The Bertz CT molecular complexity index is 620. The van der Waals surface area contributed by atoms with Crippen molar-refractivity contribution in [3.8, 4) is 0 Å². The van der Waals surface area contributed by atoms with Gasteiger partial charge in [0.05, 0.1) is 11.0 Å². The maximum absolute atomic E-state index is 12.3. The Morgan fingerprint density at radius 3 is 2.63 bits per heavy atom. The van der Waals surface area contributed by atoms with E-state index in [2.05, 4.69) is 5.32 Å². The Morgan fingerprint density at radius 2 is 1.89 bits per heavy atom. The quantitative estimate of drug-likeness (QED) is 0.911. The third kappa shape index (κ3) is 2.32. The molecule has 1 aromatic heterocycles. The fraction of sp³-hybridized carbons (Fsp3) is 0.533. The van der Waals surface area contributed by atoms with Gasteiger partial charge in [-0.2, -0.15) is 0 Å². The summed E-state index contributed by atoms with van der Waals surface area (Å²) in [5, 5.41) is 3.39. The predicted molar refractivity (Wildman–Crippen MR) is 77.4 cm³/mol. The van der Waals surface area contributed by atoms with Crippen molar-refractivity contribution in [1.29, 1.82) is 0 Å². The first-order valence-electron chi connectivity index (χ1n) is 7.12. The number of piperidine rings is 1. The van der Waals surface area contributed by atoms with E-state index < -0.39 is 0 Å². The Hall–Kier alpha value is -1.55. The normalized spacial score (nSPS) is 17.1. The summed E-state index contributed by atoms with van der Waals surface area (Å²) in [6.45, 7) is 3.08. The fourth-order valence-corrected chi connectivity index (χ4v) is 3.06. The number of fused-ring (bicyclic) bond motifs is 1. The molecule has 4 heteroatoms. The van der Waals surface area contributed by atoms with Crippen molar-refractivity contribution in [1.82, 2.24) is 14.5 Å². The van der Waals surface area contributed by atoms with Gasteiger partial charge in [-0.05, 0) is 50.4 Å². The molecule has 1 aliphatic rings. The minimum Gasteiger partial charge on any atom is -0.317 e. The molecule has 2 heterocycles. The summed E-state index contributed by atoms with van der Waals surface area (Å²) in [4.78, 5) is 12.3. The average Bonchev–Trinajstić information content (AvgIpc) is 2.71. The molecule has 1 saturated heterocycles. The summed E-state index contributed by atoms with van der Waals surface area (Å²) < 4.78 is 3.68. The lowest BCUT2D eigenvalue weighted by atomic mass is 9.95. The molecule has 0 spiro atoms. The van der Waals surface area contributed by atoms with Crippen LogP contribution in [-0.4, -0.2) is 22.2 Å². The Balaban J connectivity index is 1.84. The van der Waals surface area contributed by atoms with Crippen LogP contribution in [0.2, 0.25) is 0 Å². The van der Waals surface area contributed by atoms with Crippen molar-refractivity contribution < 1.29 is 0 Å². The summed E-state index contributed by atoms with van der Waals surface area (Å²) in [5.41, 5.74) is 2.19. The van der Waals surface area contributed by atoms with Gasteiger partial charge in [0.15, 0.2) is 0 Å². The summed E-state index contributed by atoms with van der Waals surface area (Å²) in [5.74, 6) is 0.757. The zero-order valence-corrected chi connectivity index (χ0v) is 11.4. The molecule has 1 aliphatic heterocycles. The van der Waals surface area contributed by atoms with Gasteiger partial charge in [0.2, 0.25) is 0 Å². The number of rotatable bonds is 3.